The average molecular weight is 566 g/mol. The van der Waals surface area contributed by atoms with Gasteiger partial charge in [0.25, 0.3) is 0 Å². The molecule has 0 spiro atoms. The first-order valence-corrected chi connectivity index (χ1v) is 14.4. The Morgan fingerprint density at radius 3 is 2.36 bits per heavy atom. The number of imide groups is 1. The van der Waals surface area contributed by atoms with E-state index in [0.29, 0.717) is 47.6 Å². The molecule has 3 aromatic rings. The fraction of sp³-hybridized carbons (Fsp3) is 0.357. The van der Waals surface area contributed by atoms with Crippen molar-refractivity contribution in [3.05, 3.63) is 74.2 Å². The van der Waals surface area contributed by atoms with Crippen LogP contribution in [0.1, 0.15) is 21.9 Å². The van der Waals surface area contributed by atoms with E-state index < -0.39 is 17.1 Å². The Morgan fingerprint density at radius 2 is 1.69 bits per heavy atom. The smallest absolute Gasteiger partial charge is 0.308 e. The summed E-state index contributed by atoms with van der Waals surface area (Å²) in [5, 5.41) is -0.141. The highest BCUT2D eigenvalue weighted by molar-refractivity contribution is 8.00. The highest BCUT2D eigenvalue weighted by atomic mass is 32.2. The van der Waals surface area contributed by atoms with Crippen molar-refractivity contribution >= 4 is 46.5 Å². The number of thiazole rings is 1. The monoisotopic (exact) mass is 565 g/mol. The van der Waals surface area contributed by atoms with Crippen molar-refractivity contribution in [2.45, 2.75) is 29.7 Å². The maximum absolute atomic E-state index is 13.9. The van der Waals surface area contributed by atoms with Gasteiger partial charge in [0, 0.05) is 23.9 Å². The number of carbonyl (C=O) groups excluding carboxylic acids is 3. The fourth-order valence-electron chi connectivity index (χ4n) is 5.42. The molecule has 3 aliphatic rings. The maximum Gasteiger partial charge on any atom is 0.308 e. The standard InChI is InChI=1S/C28H27N3O6S2/c1-16-3-7-18(8-4-16)31-25(33)22-21(17-5-9-19(36-2)10-6-17)24-27(38-23(22)26(31)34)30(28(35)39-24)15-20(32)29-11-13-37-14-12-29/h3-10,21-23H,11-15H2,1-2H3/t21-,22?,23?/m0/s1. The van der Waals surface area contributed by atoms with Gasteiger partial charge < -0.3 is 14.4 Å². The van der Waals surface area contributed by atoms with Gasteiger partial charge in [0.2, 0.25) is 17.7 Å². The third-order valence-electron chi connectivity index (χ3n) is 7.47. The van der Waals surface area contributed by atoms with E-state index in [4.69, 9.17) is 9.47 Å². The molecule has 1 aromatic heterocycles. The van der Waals surface area contributed by atoms with E-state index in [-0.39, 0.29) is 29.1 Å². The Morgan fingerprint density at radius 1 is 1.00 bits per heavy atom. The highest BCUT2D eigenvalue weighted by Gasteiger charge is 2.56. The minimum Gasteiger partial charge on any atom is -0.497 e. The molecule has 11 heteroatoms. The summed E-state index contributed by atoms with van der Waals surface area (Å²) in [4.78, 5) is 57.5. The second-order valence-electron chi connectivity index (χ2n) is 9.78. The van der Waals surface area contributed by atoms with Crippen molar-refractivity contribution in [3.8, 4) is 5.75 Å². The molecule has 202 valence electrons. The van der Waals surface area contributed by atoms with E-state index in [2.05, 4.69) is 0 Å². The van der Waals surface area contributed by atoms with Crippen molar-refractivity contribution < 1.29 is 23.9 Å². The number of thioether (sulfide) groups is 1. The molecule has 2 aromatic carbocycles. The number of hydrogen-bond acceptors (Lipinski definition) is 8. The molecule has 0 bridgehead atoms. The number of nitrogens with zero attached hydrogens (tertiary/aromatic N) is 3. The van der Waals surface area contributed by atoms with Crippen LogP contribution in [0.25, 0.3) is 0 Å². The number of morpholine rings is 1. The molecule has 3 amide bonds. The van der Waals surface area contributed by atoms with Gasteiger partial charge in [-0.25, -0.2) is 4.90 Å². The lowest BCUT2D eigenvalue weighted by Crippen LogP contribution is -2.43. The Bertz CT molecular complexity index is 1490. The number of aryl methyl sites for hydroxylation is 1. The van der Waals surface area contributed by atoms with Crippen LogP contribution in [0, 0.1) is 12.8 Å². The van der Waals surface area contributed by atoms with Crippen LogP contribution in [0.3, 0.4) is 0 Å². The van der Waals surface area contributed by atoms with Gasteiger partial charge in [-0.2, -0.15) is 0 Å². The van der Waals surface area contributed by atoms with Crippen molar-refractivity contribution in [2.24, 2.45) is 5.92 Å². The summed E-state index contributed by atoms with van der Waals surface area (Å²) in [6.45, 7) is 3.71. The van der Waals surface area contributed by atoms with Gasteiger partial charge in [-0.15, -0.1) is 0 Å². The number of methoxy groups -OCH3 is 1. The largest absolute Gasteiger partial charge is 0.497 e. The summed E-state index contributed by atoms with van der Waals surface area (Å²) in [7, 11) is 1.58. The molecule has 0 saturated carbocycles. The molecule has 2 saturated heterocycles. The van der Waals surface area contributed by atoms with E-state index in [1.165, 1.54) is 21.2 Å². The van der Waals surface area contributed by atoms with E-state index >= 15 is 0 Å². The third kappa shape index (κ3) is 4.48. The van der Waals surface area contributed by atoms with Gasteiger partial charge in [-0.05, 0) is 36.8 Å². The molecule has 3 aliphatic heterocycles. The quantitative estimate of drug-likeness (QED) is 0.439. The Hall–Kier alpha value is -3.41. The van der Waals surface area contributed by atoms with E-state index in [0.717, 1.165) is 22.5 Å². The van der Waals surface area contributed by atoms with Crippen LogP contribution in [0.4, 0.5) is 5.69 Å². The number of hydrogen-bond donors (Lipinski definition) is 0. The first-order chi connectivity index (χ1) is 18.9. The molecule has 39 heavy (non-hydrogen) atoms. The van der Waals surface area contributed by atoms with Crippen LogP contribution >= 0.6 is 23.1 Å². The van der Waals surface area contributed by atoms with Crippen molar-refractivity contribution in [3.63, 3.8) is 0 Å². The Balaban J connectivity index is 1.43. The Kier molecular flexibility index (Phi) is 6.82. The molecule has 4 heterocycles. The molecule has 6 rings (SSSR count). The van der Waals surface area contributed by atoms with Crippen LogP contribution in [-0.4, -0.2) is 65.9 Å². The SMILES string of the molecule is COc1ccc([C@@H]2c3sc(=O)n(CC(=O)N4CCOCC4)c3SC3C(=O)N(c4ccc(C)cc4)C(=O)C32)cc1. The first-order valence-electron chi connectivity index (χ1n) is 12.7. The zero-order valence-corrected chi connectivity index (χ0v) is 23.1. The fourth-order valence-corrected chi connectivity index (χ4v) is 8.20. The predicted molar refractivity (Wildman–Crippen MR) is 148 cm³/mol. The zero-order valence-electron chi connectivity index (χ0n) is 21.5. The zero-order chi connectivity index (χ0) is 27.3. The number of rotatable bonds is 5. The van der Waals surface area contributed by atoms with Crippen molar-refractivity contribution in [2.75, 3.05) is 38.3 Å². The van der Waals surface area contributed by atoms with Crippen LogP contribution in [-0.2, 0) is 25.7 Å². The summed E-state index contributed by atoms with van der Waals surface area (Å²) in [6.07, 6.45) is 0. The molecule has 0 radical (unpaired) electrons. The first kappa shape index (κ1) is 25.8. The second kappa shape index (κ2) is 10.3. The minimum atomic E-state index is -0.725. The Labute approximate surface area is 233 Å². The number of amides is 3. The van der Waals surface area contributed by atoms with Crippen LogP contribution in [0.5, 0.6) is 5.75 Å². The number of fused-ring (bicyclic) bond motifs is 2. The lowest BCUT2D eigenvalue weighted by Gasteiger charge is -2.31. The summed E-state index contributed by atoms with van der Waals surface area (Å²) >= 11 is 2.27. The van der Waals surface area contributed by atoms with Gasteiger partial charge in [0.05, 0.1) is 37.0 Å². The van der Waals surface area contributed by atoms with Crippen molar-refractivity contribution in [1.82, 2.24) is 9.47 Å². The van der Waals surface area contributed by atoms with Gasteiger partial charge in [0.1, 0.15) is 17.5 Å². The number of carbonyl (C=O) groups is 3. The highest BCUT2D eigenvalue weighted by Crippen LogP contribution is 2.54. The second-order valence-corrected chi connectivity index (χ2v) is 11.9. The number of aromatic nitrogens is 1. The van der Waals surface area contributed by atoms with Crippen LogP contribution in [0.15, 0.2) is 58.4 Å². The molecule has 2 unspecified atom stereocenters. The van der Waals surface area contributed by atoms with Crippen LogP contribution in [0.2, 0.25) is 0 Å². The van der Waals surface area contributed by atoms with Crippen LogP contribution < -0.4 is 14.5 Å². The third-order valence-corrected chi connectivity index (χ3v) is 10.1. The van der Waals surface area contributed by atoms with Crippen molar-refractivity contribution in [1.29, 1.82) is 0 Å². The molecular formula is C28H27N3O6S2. The van der Waals surface area contributed by atoms with Gasteiger partial charge in [-0.3, -0.25) is 23.7 Å². The molecule has 3 atom stereocenters. The number of ether oxygens (including phenoxy) is 2. The summed E-state index contributed by atoms with van der Waals surface area (Å²) < 4.78 is 12.2. The average Bonchev–Trinajstić information content (AvgIpc) is 3.40. The van der Waals surface area contributed by atoms with Gasteiger partial charge >= 0.3 is 4.87 Å². The van der Waals surface area contributed by atoms with Gasteiger partial charge in [-0.1, -0.05) is 52.9 Å². The summed E-state index contributed by atoms with van der Waals surface area (Å²) in [5.74, 6) is -1.30. The number of benzene rings is 2. The molecular weight excluding hydrogens is 538 g/mol. The van der Waals surface area contributed by atoms with E-state index in [1.807, 2.05) is 43.3 Å². The topological polar surface area (TPSA) is 98.2 Å². The molecule has 9 nitrogen and oxygen atoms in total. The molecule has 0 aliphatic carbocycles. The number of anilines is 1. The lowest BCUT2D eigenvalue weighted by atomic mass is 9.83. The normalized spacial score (nSPS) is 22.6. The molecule has 2 fully saturated rings. The summed E-state index contributed by atoms with van der Waals surface area (Å²) in [6, 6.07) is 14.7. The van der Waals surface area contributed by atoms with E-state index in [9.17, 15) is 19.2 Å². The van der Waals surface area contributed by atoms with E-state index in [1.54, 1.807) is 24.1 Å². The molecule has 0 N–H and O–H groups in total. The maximum atomic E-state index is 13.9. The minimum absolute atomic E-state index is 0.117. The summed E-state index contributed by atoms with van der Waals surface area (Å²) in [5.41, 5.74) is 2.37. The predicted octanol–water partition coefficient (Wildman–Crippen LogP) is 2.88. The van der Waals surface area contributed by atoms with Gasteiger partial charge in [0.15, 0.2) is 0 Å². The lowest BCUT2D eigenvalue weighted by molar-refractivity contribution is -0.136.